The van der Waals surface area contributed by atoms with Gasteiger partial charge in [0, 0.05) is 13.0 Å². The van der Waals surface area contributed by atoms with E-state index in [4.69, 9.17) is 14.2 Å². The number of nitrogens with one attached hydrogen (secondary N) is 1. The van der Waals surface area contributed by atoms with Gasteiger partial charge < -0.3 is 19.5 Å². The van der Waals surface area contributed by atoms with Gasteiger partial charge in [-0.25, -0.2) is 4.79 Å². The Morgan fingerprint density at radius 1 is 0.857 bits per heavy atom. The van der Waals surface area contributed by atoms with Gasteiger partial charge >= 0.3 is 6.09 Å². The molecule has 1 fully saturated rings. The normalized spacial score (nSPS) is 17.5. The van der Waals surface area contributed by atoms with Crippen LogP contribution in [0.3, 0.4) is 0 Å². The van der Waals surface area contributed by atoms with E-state index in [0.717, 1.165) is 18.4 Å². The average Bonchev–Trinajstić information content (AvgIpc) is 3.31. The maximum Gasteiger partial charge on any atom is 0.407 e. The molecular formula is C30H51NO4. The van der Waals surface area contributed by atoms with Gasteiger partial charge in [-0.2, -0.15) is 0 Å². The smallest absolute Gasteiger partial charge is 0.407 e. The predicted molar refractivity (Wildman–Crippen MR) is 144 cm³/mol. The Kier molecular flexibility index (Phi) is 17.4. The molecule has 0 spiro atoms. The predicted octanol–water partition coefficient (Wildman–Crippen LogP) is 7.96. The summed E-state index contributed by atoms with van der Waals surface area (Å²) in [6, 6.07) is 10.1. The summed E-state index contributed by atoms with van der Waals surface area (Å²) in [6.07, 6.45) is 20.1. The van der Waals surface area contributed by atoms with Gasteiger partial charge in [0.25, 0.3) is 0 Å². The summed E-state index contributed by atoms with van der Waals surface area (Å²) in [5.74, 6) is 0. The van der Waals surface area contributed by atoms with E-state index in [1.165, 1.54) is 89.9 Å². The van der Waals surface area contributed by atoms with Crippen LogP contribution < -0.4 is 5.32 Å². The molecule has 1 heterocycles. The van der Waals surface area contributed by atoms with E-state index in [2.05, 4.69) is 12.2 Å². The second-order valence-electron chi connectivity index (χ2n) is 10.0. The maximum atomic E-state index is 12.2. The molecule has 0 radical (unpaired) electrons. The van der Waals surface area contributed by atoms with Gasteiger partial charge in [-0.3, -0.25) is 0 Å². The number of unbranched alkanes of at least 4 members (excludes halogenated alkanes) is 14. The monoisotopic (exact) mass is 489 g/mol. The Morgan fingerprint density at radius 2 is 1.43 bits per heavy atom. The molecule has 1 aromatic rings. The van der Waals surface area contributed by atoms with E-state index in [1.807, 2.05) is 30.3 Å². The zero-order valence-electron chi connectivity index (χ0n) is 22.3. The van der Waals surface area contributed by atoms with Gasteiger partial charge in [-0.1, -0.05) is 127 Å². The Bertz CT molecular complexity index is 624. The SMILES string of the molecule is CCCCCCCCCCCCCCCCCNC(=O)O[C@H]1CCO[C@@H]1COCc1ccccc1. The first-order valence-electron chi connectivity index (χ1n) is 14.5. The molecule has 0 unspecified atom stereocenters. The summed E-state index contributed by atoms with van der Waals surface area (Å²) in [5.41, 5.74) is 1.13. The Morgan fingerprint density at radius 3 is 2.03 bits per heavy atom. The lowest BCUT2D eigenvalue weighted by Gasteiger charge is -2.19. The number of hydrogen-bond acceptors (Lipinski definition) is 4. The highest BCUT2D eigenvalue weighted by molar-refractivity contribution is 5.67. The molecule has 2 rings (SSSR count). The quantitative estimate of drug-likeness (QED) is 0.178. The van der Waals surface area contributed by atoms with Gasteiger partial charge in [0.1, 0.15) is 12.2 Å². The molecule has 0 aromatic heterocycles. The first kappa shape index (κ1) is 29.6. The summed E-state index contributed by atoms with van der Waals surface area (Å²) >= 11 is 0. The zero-order valence-corrected chi connectivity index (χ0v) is 22.3. The number of rotatable bonds is 21. The van der Waals surface area contributed by atoms with Gasteiger partial charge in [-0.05, 0) is 12.0 Å². The van der Waals surface area contributed by atoms with Crippen molar-refractivity contribution in [3.8, 4) is 0 Å². The summed E-state index contributed by atoms with van der Waals surface area (Å²) in [6.45, 7) is 4.54. The fourth-order valence-electron chi connectivity index (χ4n) is 4.65. The van der Waals surface area contributed by atoms with E-state index in [0.29, 0.717) is 26.4 Å². The zero-order chi connectivity index (χ0) is 24.8. The second-order valence-corrected chi connectivity index (χ2v) is 10.0. The van der Waals surface area contributed by atoms with Crippen molar-refractivity contribution in [1.82, 2.24) is 5.32 Å². The fourth-order valence-corrected chi connectivity index (χ4v) is 4.65. The van der Waals surface area contributed by atoms with Crippen LogP contribution in [0.4, 0.5) is 4.79 Å². The number of ether oxygens (including phenoxy) is 3. The van der Waals surface area contributed by atoms with Crippen molar-refractivity contribution >= 4 is 6.09 Å². The Labute approximate surface area is 214 Å². The van der Waals surface area contributed by atoms with Gasteiger partial charge in [0.2, 0.25) is 0 Å². The Hall–Kier alpha value is -1.59. The lowest BCUT2D eigenvalue weighted by Crippen LogP contribution is -2.35. The summed E-state index contributed by atoms with van der Waals surface area (Å²) in [4.78, 5) is 12.2. The van der Waals surface area contributed by atoms with Crippen molar-refractivity contribution in [3.63, 3.8) is 0 Å². The van der Waals surface area contributed by atoms with E-state index in [9.17, 15) is 4.79 Å². The van der Waals surface area contributed by atoms with Crippen LogP contribution in [0.5, 0.6) is 0 Å². The molecule has 0 saturated carbocycles. The van der Waals surface area contributed by atoms with E-state index in [-0.39, 0.29) is 18.3 Å². The molecule has 200 valence electrons. The van der Waals surface area contributed by atoms with Crippen LogP contribution in [-0.2, 0) is 20.8 Å². The molecule has 0 aliphatic carbocycles. The minimum absolute atomic E-state index is 0.185. The third-order valence-electron chi connectivity index (χ3n) is 6.85. The molecule has 1 N–H and O–H groups in total. The van der Waals surface area contributed by atoms with Crippen LogP contribution in [0.15, 0.2) is 30.3 Å². The van der Waals surface area contributed by atoms with Crippen LogP contribution >= 0.6 is 0 Å². The molecule has 1 aliphatic rings. The molecule has 0 bridgehead atoms. The van der Waals surface area contributed by atoms with Gasteiger partial charge in [-0.15, -0.1) is 0 Å². The first-order valence-corrected chi connectivity index (χ1v) is 14.5. The lowest BCUT2D eigenvalue weighted by molar-refractivity contribution is -0.0336. The highest BCUT2D eigenvalue weighted by atomic mass is 16.6. The van der Waals surface area contributed by atoms with Crippen molar-refractivity contribution in [1.29, 1.82) is 0 Å². The molecule has 1 saturated heterocycles. The highest BCUT2D eigenvalue weighted by Crippen LogP contribution is 2.18. The second kappa shape index (κ2) is 20.6. The largest absolute Gasteiger partial charge is 0.443 e. The van der Waals surface area contributed by atoms with Crippen molar-refractivity contribution in [3.05, 3.63) is 35.9 Å². The number of carbonyl (C=O) groups excluding carboxylic acids is 1. The molecule has 5 heteroatoms. The van der Waals surface area contributed by atoms with E-state index < -0.39 is 0 Å². The van der Waals surface area contributed by atoms with Gasteiger partial charge in [0.05, 0.1) is 19.8 Å². The summed E-state index contributed by atoms with van der Waals surface area (Å²) in [5, 5.41) is 2.90. The average molecular weight is 490 g/mol. The molecule has 1 aliphatic heterocycles. The number of benzene rings is 1. The number of carbonyl (C=O) groups is 1. The summed E-state index contributed by atoms with van der Waals surface area (Å²) < 4.78 is 17.1. The van der Waals surface area contributed by atoms with Crippen LogP contribution in [0.1, 0.15) is 115 Å². The summed E-state index contributed by atoms with van der Waals surface area (Å²) in [7, 11) is 0. The number of amides is 1. The van der Waals surface area contributed by atoms with Crippen molar-refractivity contribution in [2.75, 3.05) is 19.8 Å². The number of alkyl carbamates (subject to hydrolysis) is 1. The van der Waals surface area contributed by atoms with Crippen molar-refractivity contribution in [2.24, 2.45) is 0 Å². The Balaban J connectivity index is 1.36. The molecule has 35 heavy (non-hydrogen) atoms. The van der Waals surface area contributed by atoms with Gasteiger partial charge in [0.15, 0.2) is 0 Å². The van der Waals surface area contributed by atoms with Crippen LogP contribution in [0.25, 0.3) is 0 Å². The third-order valence-corrected chi connectivity index (χ3v) is 6.85. The minimum atomic E-state index is -0.334. The number of hydrogen-bond donors (Lipinski definition) is 1. The van der Waals surface area contributed by atoms with E-state index >= 15 is 0 Å². The van der Waals surface area contributed by atoms with Crippen molar-refractivity contribution < 1.29 is 19.0 Å². The molecule has 1 amide bonds. The minimum Gasteiger partial charge on any atom is -0.443 e. The van der Waals surface area contributed by atoms with Crippen LogP contribution in [0.2, 0.25) is 0 Å². The van der Waals surface area contributed by atoms with Crippen molar-refractivity contribution in [2.45, 2.75) is 128 Å². The molecule has 5 nitrogen and oxygen atoms in total. The highest BCUT2D eigenvalue weighted by Gasteiger charge is 2.31. The van der Waals surface area contributed by atoms with E-state index in [1.54, 1.807) is 0 Å². The van der Waals surface area contributed by atoms with Crippen LogP contribution in [-0.4, -0.2) is 38.1 Å². The lowest BCUT2D eigenvalue weighted by atomic mass is 10.0. The maximum absolute atomic E-state index is 12.2. The molecule has 2 atom stereocenters. The first-order chi connectivity index (χ1) is 17.3. The topological polar surface area (TPSA) is 56.8 Å². The third kappa shape index (κ3) is 15.2. The molecule has 1 aromatic carbocycles. The van der Waals surface area contributed by atoms with Crippen LogP contribution in [0, 0.1) is 0 Å². The molecular weight excluding hydrogens is 438 g/mol. The standard InChI is InChI=1S/C30H51NO4/c1-2-3-4-5-6-7-8-9-10-11-12-13-14-15-19-23-31-30(32)35-28-22-24-34-29(28)26-33-25-27-20-17-16-18-21-27/h16-18,20-21,28-29H,2-15,19,22-26H2,1H3,(H,31,32)/t28-,29+/m0/s1. The fraction of sp³-hybridized carbons (Fsp3) is 0.767.